The van der Waals surface area contributed by atoms with E-state index in [0.29, 0.717) is 26.2 Å². The first-order valence-corrected chi connectivity index (χ1v) is 10.1. The molecule has 3 rings (SSSR count). The summed E-state index contributed by atoms with van der Waals surface area (Å²) in [6, 6.07) is 6.03. The molecule has 1 aliphatic carbocycles. The highest BCUT2D eigenvalue weighted by Crippen LogP contribution is 2.31. The molecule has 126 valence electrons. The van der Waals surface area contributed by atoms with Crippen LogP contribution >= 0.6 is 11.8 Å². The molecule has 23 heavy (non-hydrogen) atoms. The Balaban J connectivity index is 1.47. The van der Waals surface area contributed by atoms with Crippen LogP contribution in [0.4, 0.5) is 4.39 Å². The molecule has 1 amide bonds. The van der Waals surface area contributed by atoms with Gasteiger partial charge in [-0.25, -0.2) is 12.8 Å². The molecule has 1 aliphatic heterocycles. The molecule has 0 N–H and O–H groups in total. The lowest BCUT2D eigenvalue weighted by atomic mass is 10.3. The minimum Gasteiger partial charge on any atom is -0.339 e. The third kappa shape index (κ3) is 4.05. The van der Waals surface area contributed by atoms with Gasteiger partial charge < -0.3 is 4.90 Å². The fraction of sp³-hybridized carbons (Fsp3) is 0.533. The summed E-state index contributed by atoms with van der Waals surface area (Å²) >= 11 is 1.36. The van der Waals surface area contributed by atoms with E-state index in [0.717, 1.165) is 17.7 Å². The van der Waals surface area contributed by atoms with Gasteiger partial charge in [-0.2, -0.15) is 4.31 Å². The van der Waals surface area contributed by atoms with Crippen molar-refractivity contribution < 1.29 is 17.6 Å². The summed E-state index contributed by atoms with van der Waals surface area (Å²) in [5.41, 5.74) is 0. The van der Waals surface area contributed by atoms with E-state index in [9.17, 15) is 17.6 Å². The van der Waals surface area contributed by atoms with E-state index in [2.05, 4.69) is 0 Å². The fourth-order valence-corrected chi connectivity index (χ4v) is 5.16. The number of piperazine rings is 1. The lowest BCUT2D eigenvalue weighted by molar-refractivity contribution is -0.129. The number of rotatable bonds is 5. The van der Waals surface area contributed by atoms with Crippen molar-refractivity contribution >= 4 is 27.7 Å². The Morgan fingerprint density at radius 2 is 1.74 bits per heavy atom. The highest BCUT2D eigenvalue weighted by Gasteiger charge is 2.41. The van der Waals surface area contributed by atoms with Crippen LogP contribution < -0.4 is 0 Å². The largest absolute Gasteiger partial charge is 0.339 e. The van der Waals surface area contributed by atoms with Crippen LogP contribution in [-0.4, -0.2) is 60.7 Å². The molecular weight excluding hydrogens is 339 g/mol. The Morgan fingerprint density at radius 3 is 2.30 bits per heavy atom. The summed E-state index contributed by atoms with van der Waals surface area (Å²) in [6.07, 6.45) is 1.52. The van der Waals surface area contributed by atoms with E-state index in [1.165, 1.54) is 28.2 Å². The monoisotopic (exact) mass is 358 g/mol. The number of benzene rings is 1. The molecule has 0 bridgehead atoms. The topological polar surface area (TPSA) is 57.7 Å². The lowest BCUT2D eigenvalue weighted by Gasteiger charge is -2.34. The first-order valence-electron chi connectivity index (χ1n) is 7.62. The summed E-state index contributed by atoms with van der Waals surface area (Å²) < 4.78 is 38.6. The fourth-order valence-electron chi connectivity index (χ4n) is 2.54. The predicted octanol–water partition coefficient (Wildman–Crippen LogP) is 1.55. The van der Waals surface area contributed by atoms with Crippen LogP contribution in [0.15, 0.2) is 29.2 Å². The van der Waals surface area contributed by atoms with Crippen molar-refractivity contribution in [1.82, 2.24) is 9.21 Å². The number of hydrogen-bond acceptors (Lipinski definition) is 4. The highest BCUT2D eigenvalue weighted by atomic mass is 32.2. The Labute approximate surface area is 139 Å². The van der Waals surface area contributed by atoms with Crippen LogP contribution in [0, 0.1) is 5.82 Å². The zero-order valence-corrected chi connectivity index (χ0v) is 14.3. The summed E-state index contributed by atoms with van der Waals surface area (Å²) in [6.45, 7) is 1.64. The van der Waals surface area contributed by atoms with Gasteiger partial charge in [0.25, 0.3) is 0 Å². The van der Waals surface area contributed by atoms with Gasteiger partial charge in [0.1, 0.15) is 5.82 Å². The first kappa shape index (κ1) is 16.7. The number of hydrogen-bond donors (Lipinski definition) is 0. The molecule has 0 unspecified atom stereocenters. The Kier molecular flexibility index (Phi) is 4.93. The quantitative estimate of drug-likeness (QED) is 0.750. The standard InChI is InChI=1S/C15H19FN2O3S2/c16-12-1-3-13(4-2-12)22-11-15(19)17-7-9-18(10-8-17)23(20,21)14-5-6-14/h1-4,14H,5-11H2. The average Bonchev–Trinajstić information content (AvgIpc) is 3.39. The predicted molar refractivity (Wildman–Crippen MR) is 87.2 cm³/mol. The number of amides is 1. The molecular formula is C15H19FN2O3S2. The second kappa shape index (κ2) is 6.78. The molecule has 1 saturated carbocycles. The third-order valence-electron chi connectivity index (χ3n) is 4.07. The van der Waals surface area contributed by atoms with Crippen molar-refractivity contribution in [3.05, 3.63) is 30.1 Å². The molecule has 5 nitrogen and oxygen atoms in total. The van der Waals surface area contributed by atoms with Crippen molar-refractivity contribution in [2.75, 3.05) is 31.9 Å². The Hall–Kier alpha value is -1.12. The van der Waals surface area contributed by atoms with Crippen LogP contribution in [0.5, 0.6) is 0 Å². The zero-order valence-electron chi connectivity index (χ0n) is 12.7. The molecule has 1 aromatic carbocycles. The Bertz CT molecular complexity index is 666. The first-order chi connectivity index (χ1) is 11.0. The normalized spacial score (nSPS) is 19.8. The van der Waals surface area contributed by atoms with Gasteiger partial charge in [-0.3, -0.25) is 4.79 Å². The van der Waals surface area contributed by atoms with Gasteiger partial charge >= 0.3 is 0 Å². The second-order valence-electron chi connectivity index (χ2n) is 5.77. The number of thioether (sulfide) groups is 1. The maximum absolute atomic E-state index is 12.8. The smallest absolute Gasteiger partial charge is 0.233 e. The lowest BCUT2D eigenvalue weighted by Crippen LogP contribution is -2.51. The Morgan fingerprint density at radius 1 is 1.13 bits per heavy atom. The highest BCUT2D eigenvalue weighted by molar-refractivity contribution is 8.00. The molecule has 1 heterocycles. The van der Waals surface area contributed by atoms with Gasteiger partial charge in [-0.15, -0.1) is 11.8 Å². The molecule has 0 spiro atoms. The average molecular weight is 358 g/mol. The van der Waals surface area contributed by atoms with Gasteiger partial charge in [0.05, 0.1) is 11.0 Å². The molecule has 2 aliphatic rings. The van der Waals surface area contributed by atoms with Crippen LogP contribution in [0.2, 0.25) is 0 Å². The van der Waals surface area contributed by atoms with Crippen molar-refractivity contribution in [1.29, 1.82) is 0 Å². The minimum absolute atomic E-state index is 0.0113. The van der Waals surface area contributed by atoms with Gasteiger partial charge in [0, 0.05) is 31.1 Å². The van der Waals surface area contributed by atoms with Crippen molar-refractivity contribution in [2.45, 2.75) is 23.0 Å². The van der Waals surface area contributed by atoms with E-state index in [1.807, 2.05) is 0 Å². The van der Waals surface area contributed by atoms with Gasteiger partial charge in [-0.05, 0) is 37.1 Å². The van der Waals surface area contributed by atoms with E-state index in [1.54, 1.807) is 17.0 Å². The van der Waals surface area contributed by atoms with Gasteiger partial charge in [0.15, 0.2) is 0 Å². The van der Waals surface area contributed by atoms with E-state index >= 15 is 0 Å². The maximum Gasteiger partial charge on any atom is 0.233 e. The summed E-state index contributed by atoms with van der Waals surface area (Å²) in [5, 5.41) is -0.196. The minimum atomic E-state index is -3.14. The molecule has 0 atom stereocenters. The van der Waals surface area contributed by atoms with E-state index in [4.69, 9.17) is 0 Å². The van der Waals surface area contributed by atoms with E-state index < -0.39 is 10.0 Å². The van der Waals surface area contributed by atoms with Gasteiger partial charge in [-0.1, -0.05) is 0 Å². The molecule has 2 fully saturated rings. The summed E-state index contributed by atoms with van der Waals surface area (Å²) in [5.74, 6) is -0.0301. The summed E-state index contributed by atoms with van der Waals surface area (Å²) in [7, 11) is -3.14. The number of carbonyl (C=O) groups excluding carboxylic acids is 1. The van der Waals surface area contributed by atoms with Gasteiger partial charge in [0.2, 0.25) is 15.9 Å². The van der Waals surface area contributed by atoms with E-state index in [-0.39, 0.29) is 22.7 Å². The molecule has 1 saturated heterocycles. The molecule has 8 heteroatoms. The molecule has 0 radical (unpaired) electrons. The van der Waals surface area contributed by atoms with Crippen LogP contribution in [0.25, 0.3) is 0 Å². The second-order valence-corrected chi connectivity index (χ2v) is 9.03. The van der Waals surface area contributed by atoms with Crippen molar-refractivity contribution in [2.24, 2.45) is 0 Å². The molecule has 1 aromatic rings. The van der Waals surface area contributed by atoms with Crippen LogP contribution in [0.1, 0.15) is 12.8 Å². The number of sulfonamides is 1. The third-order valence-corrected chi connectivity index (χ3v) is 7.47. The van der Waals surface area contributed by atoms with Crippen molar-refractivity contribution in [3.8, 4) is 0 Å². The van der Waals surface area contributed by atoms with Crippen molar-refractivity contribution in [3.63, 3.8) is 0 Å². The van der Waals surface area contributed by atoms with Crippen LogP contribution in [0.3, 0.4) is 0 Å². The summed E-state index contributed by atoms with van der Waals surface area (Å²) in [4.78, 5) is 14.8. The number of nitrogens with zero attached hydrogens (tertiary/aromatic N) is 2. The zero-order chi connectivity index (χ0) is 16.4. The number of carbonyl (C=O) groups is 1. The number of halogens is 1. The maximum atomic E-state index is 12.8. The van der Waals surface area contributed by atoms with Crippen LogP contribution in [-0.2, 0) is 14.8 Å². The SMILES string of the molecule is O=C(CSc1ccc(F)cc1)N1CCN(S(=O)(=O)C2CC2)CC1. The molecule has 0 aromatic heterocycles.